The molecule has 1 heterocycles. The maximum atomic E-state index is 13.1. The smallest absolute Gasteiger partial charge is 0.246 e. The molecule has 2 N–H and O–H groups in total. The highest BCUT2D eigenvalue weighted by Crippen LogP contribution is 2.25. The summed E-state index contributed by atoms with van der Waals surface area (Å²) in [6.07, 6.45) is 0.674. The predicted molar refractivity (Wildman–Crippen MR) is 128 cm³/mol. The molecular formula is C25H26FN3O4S. The predicted octanol–water partition coefficient (Wildman–Crippen LogP) is 3.52. The van der Waals surface area contributed by atoms with Gasteiger partial charge in [0, 0.05) is 30.1 Å². The van der Waals surface area contributed by atoms with E-state index in [9.17, 15) is 22.4 Å². The SMILES string of the molecule is C[C@@H](NC(=O)C1CCN(S(=O)(=O)c2ccc(F)cc2)CC1)C(=O)Nc1cccc2ccccc12. The van der Waals surface area contributed by atoms with E-state index in [0.717, 1.165) is 22.9 Å². The highest BCUT2D eigenvalue weighted by molar-refractivity contribution is 7.89. The Morgan fingerprint density at radius 1 is 0.971 bits per heavy atom. The third-order valence-corrected chi connectivity index (χ3v) is 7.99. The van der Waals surface area contributed by atoms with Crippen molar-refractivity contribution < 1.29 is 22.4 Å². The van der Waals surface area contributed by atoms with Crippen molar-refractivity contribution in [3.8, 4) is 0 Å². The van der Waals surface area contributed by atoms with Gasteiger partial charge in [-0.25, -0.2) is 12.8 Å². The van der Waals surface area contributed by atoms with E-state index in [1.807, 2.05) is 42.5 Å². The summed E-state index contributed by atoms with van der Waals surface area (Å²) < 4.78 is 40.0. The van der Waals surface area contributed by atoms with Crippen LogP contribution >= 0.6 is 0 Å². The van der Waals surface area contributed by atoms with Crippen LogP contribution in [-0.4, -0.2) is 43.7 Å². The molecule has 0 radical (unpaired) electrons. The molecule has 34 heavy (non-hydrogen) atoms. The molecule has 4 rings (SSSR count). The monoisotopic (exact) mass is 483 g/mol. The van der Waals surface area contributed by atoms with Crippen LogP contribution in [0.25, 0.3) is 10.8 Å². The van der Waals surface area contributed by atoms with Crippen molar-refractivity contribution >= 4 is 38.3 Å². The van der Waals surface area contributed by atoms with Crippen LogP contribution in [0.1, 0.15) is 19.8 Å². The molecule has 9 heteroatoms. The maximum absolute atomic E-state index is 13.1. The number of benzene rings is 3. The number of nitrogens with one attached hydrogen (secondary N) is 2. The van der Waals surface area contributed by atoms with Gasteiger partial charge in [-0.3, -0.25) is 9.59 Å². The molecule has 1 saturated heterocycles. The number of amides is 2. The molecule has 1 atom stereocenters. The van der Waals surface area contributed by atoms with Crippen molar-refractivity contribution in [2.75, 3.05) is 18.4 Å². The van der Waals surface area contributed by atoms with Gasteiger partial charge in [0.05, 0.1) is 4.90 Å². The normalized spacial score (nSPS) is 16.2. The summed E-state index contributed by atoms with van der Waals surface area (Å²) >= 11 is 0. The standard InChI is InChI=1S/C25H26FN3O4S/c1-17(24(30)28-23-8-4-6-18-5-2-3-7-22(18)23)27-25(31)19-13-15-29(16-14-19)34(32,33)21-11-9-20(26)10-12-21/h2-12,17,19H,13-16H2,1H3,(H,27,31)(H,28,30)/t17-/m1/s1. The third-order valence-electron chi connectivity index (χ3n) is 6.08. The Morgan fingerprint density at radius 3 is 2.32 bits per heavy atom. The Morgan fingerprint density at radius 2 is 1.62 bits per heavy atom. The zero-order valence-corrected chi connectivity index (χ0v) is 19.5. The maximum Gasteiger partial charge on any atom is 0.246 e. The molecule has 0 aromatic heterocycles. The molecule has 3 aromatic rings. The number of rotatable bonds is 6. The highest BCUT2D eigenvalue weighted by atomic mass is 32.2. The number of fused-ring (bicyclic) bond motifs is 1. The van der Waals surface area contributed by atoms with Gasteiger partial charge >= 0.3 is 0 Å². The number of hydrogen-bond donors (Lipinski definition) is 2. The van der Waals surface area contributed by atoms with Gasteiger partial charge in [0.1, 0.15) is 11.9 Å². The second kappa shape index (κ2) is 9.90. The summed E-state index contributed by atoms with van der Waals surface area (Å²) in [6, 6.07) is 17.3. The average Bonchev–Trinajstić information content (AvgIpc) is 2.84. The van der Waals surface area contributed by atoms with Gasteiger partial charge in [-0.1, -0.05) is 36.4 Å². The molecule has 178 valence electrons. The van der Waals surface area contributed by atoms with Gasteiger partial charge in [-0.15, -0.1) is 0 Å². The molecule has 0 saturated carbocycles. The van der Waals surface area contributed by atoms with Crippen molar-refractivity contribution in [2.24, 2.45) is 5.92 Å². The van der Waals surface area contributed by atoms with E-state index in [1.54, 1.807) is 6.92 Å². The highest BCUT2D eigenvalue weighted by Gasteiger charge is 2.33. The van der Waals surface area contributed by atoms with Crippen molar-refractivity contribution in [3.05, 3.63) is 72.5 Å². The molecule has 2 amide bonds. The summed E-state index contributed by atoms with van der Waals surface area (Å²) in [5.41, 5.74) is 0.670. The molecule has 1 aliphatic rings. The quantitative estimate of drug-likeness (QED) is 0.561. The Bertz CT molecular complexity index is 1300. The van der Waals surface area contributed by atoms with E-state index in [0.29, 0.717) is 18.5 Å². The topological polar surface area (TPSA) is 95.6 Å². The summed E-state index contributed by atoms with van der Waals surface area (Å²) in [5.74, 6) is -1.51. The van der Waals surface area contributed by atoms with Crippen molar-refractivity contribution in [2.45, 2.75) is 30.7 Å². The van der Waals surface area contributed by atoms with Crippen molar-refractivity contribution in [3.63, 3.8) is 0 Å². The first-order valence-electron chi connectivity index (χ1n) is 11.1. The number of anilines is 1. The fraction of sp³-hybridized carbons (Fsp3) is 0.280. The molecular weight excluding hydrogens is 457 g/mol. The van der Waals surface area contributed by atoms with Gasteiger partial charge in [0.2, 0.25) is 21.8 Å². The molecule has 3 aromatic carbocycles. The second-order valence-electron chi connectivity index (χ2n) is 8.38. The lowest BCUT2D eigenvalue weighted by Crippen LogP contribution is -2.47. The van der Waals surface area contributed by atoms with E-state index in [-0.39, 0.29) is 29.8 Å². The minimum absolute atomic E-state index is 0.0236. The minimum atomic E-state index is -3.75. The van der Waals surface area contributed by atoms with Crippen LogP contribution in [0, 0.1) is 11.7 Å². The van der Waals surface area contributed by atoms with Crippen molar-refractivity contribution in [1.29, 1.82) is 0 Å². The molecule has 0 bridgehead atoms. The minimum Gasteiger partial charge on any atom is -0.344 e. The molecule has 0 aliphatic carbocycles. The fourth-order valence-corrected chi connectivity index (χ4v) is 5.56. The number of carbonyl (C=O) groups excluding carboxylic acids is 2. The van der Waals surface area contributed by atoms with Gasteiger partial charge < -0.3 is 10.6 Å². The van der Waals surface area contributed by atoms with E-state index in [4.69, 9.17) is 0 Å². The number of halogens is 1. The van der Waals surface area contributed by atoms with Crippen LogP contribution in [0.2, 0.25) is 0 Å². The van der Waals surface area contributed by atoms with Crippen molar-refractivity contribution in [1.82, 2.24) is 9.62 Å². The van der Waals surface area contributed by atoms with Crippen LogP contribution in [0.15, 0.2) is 71.6 Å². The molecule has 7 nitrogen and oxygen atoms in total. The number of sulfonamides is 1. The first kappa shape index (κ1) is 23.8. The number of piperidine rings is 1. The number of nitrogens with zero attached hydrogens (tertiary/aromatic N) is 1. The van der Waals surface area contributed by atoms with Crippen LogP contribution in [0.4, 0.5) is 10.1 Å². The molecule has 1 fully saturated rings. The Labute approximate surface area is 198 Å². The number of carbonyl (C=O) groups is 2. The van der Waals surface area contributed by atoms with Crippen LogP contribution < -0.4 is 10.6 Å². The van der Waals surface area contributed by atoms with Gasteiger partial charge in [0.15, 0.2) is 0 Å². The zero-order chi connectivity index (χ0) is 24.3. The van der Waals surface area contributed by atoms with Crippen LogP contribution in [0.5, 0.6) is 0 Å². The summed E-state index contributed by atoms with van der Waals surface area (Å²) in [4.78, 5) is 25.5. The first-order valence-corrected chi connectivity index (χ1v) is 12.5. The van der Waals surface area contributed by atoms with E-state index in [2.05, 4.69) is 10.6 Å². The molecule has 0 spiro atoms. The van der Waals surface area contributed by atoms with E-state index in [1.165, 1.54) is 16.4 Å². The third kappa shape index (κ3) is 5.10. The molecule has 1 aliphatic heterocycles. The summed E-state index contributed by atoms with van der Waals surface area (Å²) in [7, 11) is -3.75. The van der Waals surface area contributed by atoms with Crippen LogP contribution in [0.3, 0.4) is 0 Å². The van der Waals surface area contributed by atoms with Crippen LogP contribution in [-0.2, 0) is 19.6 Å². The summed E-state index contributed by atoms with van der Waals surface area (Å²) in [6.45, 7) is 1.97. The first-order chi connectivity index (χ1) is 16.3. The summed E-state index contributed by atoms with van der Waals surface area (Å²) in [5, 5.41) is 7.53. The van der Waals surface area contributed by atoms with Gasteiger partial charge in [-0.05, 0) is 55.5 Å². The van der Waals surface area contributed by atoms with Gasteiger partial charge in [-0.2, -0.15) is 4.31 Å². The Kier molecular flexibility index (Phi) is 6.95. The Balaban J connectivity index is 1.32. The Hall–Kier alpha value is -3.30. The zero-order valence-electron chi connectivity index (χ0n) is 18.7. The van der Waals surface area contributed by atoms with E-state index < -0.39 is 27.8 Å². The fourth-order valence-electron chi connectivity index (χ4n) is 4.09. The molecule has 0 unspecified atom stereocenters. The van der Waals surface area contributed by atoms with Gasteiger partial charge in [0.25, 0.3) is 0 Å². The second-order valence-corrected chi connectivity index (χ2v) is 10.3. The number of hydrogen-bond acceptors (Lipinski definition) is 4. The lowest BCUT2D eigenvalue weighted by molar-refractivity contribution is -0.129. The lowest BCUT2D eigenvalue weighted by atomic mass is 9.97. The largest absolute Gasteiger partial charge is 0.344 e. The average molecular weight is 484 g/mol. The van der Waals surface area contributed by atoms with E-state index >= 15 is 0 Å². The lowest BCUT2D eigenvalue weighted by Gasteiger charge is -2.31.